The average molecular weight is 383 g/mol. The first-order valence-corrected chi connectivity index (χ1v) is 9.44. The second kappa shape index (κ2) is 9.21. The molecule has 2 N–H and O–H groups in total. The molecule has 3 rings (SSSR count). The number of nitrogens with one attached hydrogen (secondary N) is 1. The molecule has 2 aromatic rings. The summed E-state index contributed by atoms with van der Waals surface area (Å²) in [5.41, 5.74) is 1.78. The van der Waals surface area contributed by atoms with Gasteiger partial charge >= 0.3 is 12.0 Å². The molecule has 7 nitrogen and oxygen atoms in total. The Morgan fingerprint density at radius 2 is 2.04 bits per heavy atom. The van der Waals surface area contributed by atoms with Gasteiger partial charge < -0.3 is 20.1 Å². The maximum absolute atomic E-state index is 12.5. The van der Waals surface area contributed by atoms with Gasteiger partial charge in [0.15, 0.2) is 0 Å². The monoisotopic (exact) mass is 383 g/mol. The van der Waals surface area contributed by atoms with Crippen LogP contribution in [0.1, 0.15) is 37.1 Å². The topological polar surface area (TPSA) is 91.8 Å². The largest absolute Gasteiger partial charge is 0.487 e. The number of aliphatic carboxylic acids is 1. The molecule has 148 valence electrons. The van der Waals surface area contributed by atoms with Gasteiger partial charge in [-0.2, -0.15) is 0 Å². The molecule has 2 heterocycles. The second-order valence-electron chi connectivity index (χ2n) is 6.95. The average Bonchev–Trinajstić information content (AvgIpc) is 2.73. The Morgan fingerprint density at radius 1 is 1.25 bits per heavy atom. The smallest absolute Gasteiger partial charge is 0.317 e. The van der Waals surface area contributed by atoms with Crippen LogP contribution in [-0.2, 0) is 11.4 Å². The van der Waals surface area contributed by atoms with Crippen molar-refractivity contribution >= 4 is 12.0 Å². The quantitative estimate of drug-likeness (QED) is 0.799. The Hall–Kier alpha value is -3.09. The molecule has 28 heavy (non-hydrogen) atoms. The zero-order chi connectivity index (χ0) is 19.9. The van der Waals surface area contributed by atoms with E-state index in [-0.39, 0.29) is 18.0 Å². The van der Waals surface area contributed by atoms with Crippen molar-refractivity contribution in [2.24, 2.45) is 5.92 Å². The van der Waals surface area contributed by atoms with E-state index >= 15 is 0 Å². The molecule has 0 radical (unpaired) electrons. The Bertz CT molecular complexity index is 804. The van der Waals surface area contributed by atoms with Crippen LogP contribution in [0.3, 0.4) is 0 Å². The van der Waals surface area contributed by atoms with Crippen molar-refractivity contribution in [2.75, 3.05) is 13.1 Å². The lowest BCUT2D eigenvalue weighted by atomic mass is 9.97. The zero-order valence-electron chi connectivity index (χ0n) is 15.9. The van der Waals surface area contributed by atoms with Crippen LogP contribution in [0.15, 0.2) is 48.7 Å². The van der Waals surface area contributed by atoms with E-state index in [2.05, 4.69) is 10.3 Å². The van der Waals surface area contributed by atoms with Gasteiger partial charge in [0.2, 0.25) is 0 Å². The molecule has 0 bridgehead atoms. The summed E-state index contributed by atoms with van der Waals surface area (Å²) in [4.78, 5) is 29.4. The molecule has 1 aliphatic heterocycles. The van der Waals surface area contributed by atoms with Gasteiger partial charge in [0, 0.05) is 19.3 Å². The van der Waals surface area contributed by atoms with Crippen LogP contribution in [0.5, 0.6) is 5.75 Å². The minimum atomic E-state index is -0.782. The van der Waals surface area contributed by atoms with Crippen LogP contribution in [0.4, 0.5) is 4.79 Å². The molecule has 1 fully saturated rings. The van der Waals surface area contributed by atoms with E-state index < -0.39 is 5.97 Å². The summed E-state index contributed by atoms with van der Waals surface area (Å²) in [6.07, 6.45) is 2.72. The summed E-state index contributed by atoms with van der Waals surface area (Å²) in [5, 5.41) is 12.0. The minimum absolute atomic E-state index is 0.170. The van der Waals surface area contributed by atoms with Gasteiger partial charge in [0.05, 0.1) is 17.7 Å². The molecule has 0 saturated carbocycles. The number of benzene rings is 1. The summed E-state index contributed by atoms with van der Waals surface area (Å²) in [7, 11) is 0. The number of hydrogen-bond donors (Lipinski definition) is 2. The first kappa shape index (κ1) is 19.7. The maximum atomic E-state index is 12.5. The predicted molar refractivity (Wildman–Crippen MR) is 104 cm³/mol. The number of ether oxygens (including phenoxy) is 1. The van der Waals surface area contributed by atoms with E-state index in [0.29, 0.717) is 38.3 Å². The first-order chi connectivity index (χ1) is 13.5. The molecule has 0 aliphatic carbocycles. The minimum Gasteiger partial charge on any atom is -0.487 e. The van der Waals surface area contributed by atoms with Crippen LogP contribution in [0, 0.1) is 5.92 Å². The lowest BCUT2D eigenvalue weighted by Gasteiger charge is -2.31. The standard InChI is InChI=1S/C21H25N3O4/c1-15(23-21(27)24-11-8-16(9-12-24)20(25)26)17-5-4-7-19(13-17)28-14-18-6-2-3-10-22-18/h2-7,10,13,15-16H,8-9,11-12,14H2,1H3,(H,23,27)(H,25,26). The van der Waals surface area contributed by atoms with Gasteiger partial charge in [-0.05, 0) is 49.6 Å². The number of amides is 2. The van der Waals surface area contributed by atoms with Crippen molar-refractivity contribution in [3.8, 4) is 5.75 Å². The highest BCUT2D eigenvalue weighted by molar-refractivity contribution is 5.75. The summed E-state index contributed by atoms with van der Waals surface area (Å²) < 4.78 is 5.80. The molecule has 1 atom stereocenters. The number of rotatable bonds is 6. The Kier molecular flexibility index (Phi) is 6.47. The van der Waals surface area contributed by atoms with Crippen molar-refractivity contribution in [2.45, 2.75) is 32.4 Å². The number of nitrogens with zero attached hydrogens (tertiary/aromatic N) is 2. The molecule has 1 aromatic heterocycles. The Morgan fingerprint density at radius 3 is 2.71 bits per heavy atom. The van der Waals surface area contributed by atoms with Crippen molar-refractivity contribution in [3.05, 3.63) is 59.9 Å². The van der Waals surface area contributed by atoms with Crippen LogP contribution in [-0.4, -0.2) is 40.1 Å². The van der Waals surface area contributed by atoms with Gasteiger partial charge in [-0.25, -0.2) is 4.79 Å². The maximum Gasteiger partial charge on any atom is 0.317 e. The zero-order valence-corrected chi connectivity index (χ0v) is 15.9. The molecular weight excluding hydrogens is 358 g/mol. The third-order valence-corrected chi connectivity index (χ3v) is 4.94. The lowest BCUT2D eigenvalue weighted by Crippen LogP contribution is -2.46. The summed E-state index contributed by atoms with van der Waals surface area (Å²) in [6.45, 7) is 3.22. The van der Waals surface area contributed by atoms with Crippen LogP contribution in [0.25, 0.3) is 0 Å². The fourth-order valence-corrected chi connectivity index (χ4v) is 3.20. The number of likely N-dealkylation sites (tertiary alicyclic amines) is 1. The number of carbonyl (C=O) groups excluding carboxylic acids is 1. The molecule has 0 spiro atoms. The number of hydrogen-bond acceptors (Lipinski definition) is 4. The van der Waals surface area contributed by atoms with Gasteiger partial charge in [0.1, 0.15) is 12.4 Å². The van der Waals surface area contributed by atoms with E-state index in [9.17, 15) is 9.59 Å². The van der Waals surface area contributed by atoms with E-state index in [1.807, 2.05) is 49.4 Å². The van der Waals surface area contributed by atoms with E-state index in [1.54, 1.807) is 11.1 Å². The van der Waals surface area contributed by atoms with Gasteiger partial charge in [-0.3, -0.25) is 9.78 Å². The highest BCUT2D eigenvalue weighted by Crippen LogP contribution is 2.21. The summed E-state index contributed by atoms with van der Waals surface area (Å²) >= 11 is 0. The number of aromatic nitrogens is 1. The van der Waals surface area contributed by atoms with Gasteiger partial charge in [-0.1, -0.05) is 18.2 Å². The molecule has 1 unspecified atom stereocenters. The van der Waals surface area contributed by atoms with Gasteiger partial charge in [0.25, 0.3) is 0 Å². The molecular formula is C21H25N3O4. The number of urea groups is 1. The predicted octanol–water partition coefficient (Wildman–Crippen LogP) is 3.23. The van der Waals surface area contributed by atoms with Crippen molar-refractivity contribution in [1.82, 2.24) is 15.2 Å². The summed E-state index contributed by atoms with van der Waals surface area (Å²) in [6, 6.07) is 12.9. The molecule has 1 saturated heterocycles. The fourth-order valence-electron chi connectivity index (χ4n) is 3.20. The Balaban J connectivity index is 1.53. The third kappa shape index (κ3) is 5.22. The number of piperidine rings is 1. The van der Waals surface area contributed by atoms with Crippen LogP contribution >= 0.6 is 0 Å². The Labute approximate surface area is 164 Å². The van der Waals surface area contributed by atoms with Crippen molar-refractivity contribution < 1.29 is 19.4 Å². The number of carboxylic acids is 1. The molecule has 1 aromatic carbocycles. The van der Waals surface area contributed by atoms with E-state index in [1.165, 1.54) is 0 Å². The van der Waals surface area contributed by atoms with Gasteiger partial charge in [-0.15, -0.1) is 0 Å². The molecule has 1 aliphatic rings. The number of carboxylic acid groups (broad SMARTS) is 1. The lowest BCUT2D eigenvalue weighted by molar-refractivity contribution is -0.143. The van der Waals surface area contributed by atoms with E-state index in [4.69, 9.17) is 9.84 Å². The fraction of sp³-hybridized carbons (Fsp3) is 0.381. The number of carbonyl (C=O) groups is 2. The van der Waals surface area contributed by atoms with E-state index in [0.717, 1.165) is 11.3 Å². The normalized spacial score (nSPS) is 15.7. The highest BCUT2D eigenvalue weighted by atomic mass is 16.5. The highest BCUT2D eigenvalue weighted by Gasteiger charge is 2.27. The second-order valence-corrected chi connectivity index (χ2v) is 6.95. The van der Waals surface area contributed by atoms with Crippen LogP contribution in [0.2, 0.25) is 0 Å². The molecule has 2 amide bonds. The van der Waals surface area contributed by atoms with Crippen molar-refractivity contribution in [1.29, 1.82) is 0 Å². The number of pyridine rings is 1. The molecule has 7 heteroatoms. The third-order valence-electron chi connectivity index (χ3n) is 4.94. The van der Waals surface area contributed by atoms with Crippen LogP contribution < -0.4 is 10.1 Å². The summed E-state index contributed by atoms with van der Waals surface area (Å²) in [5.74, 6) is -0.420. The first-order valence-electron chi connectivity index (χ1n) is 9.44. The SMILES string of the molecule is CC(NC(=O)N1CCC(C(=O)O)CC1)c1cccc(OCc2ccccn2)c1. The van der Waals surface area contributed by atoms with Crippen molar-refractivity contribution in [3.63, 3.8) is 0 Å².